The zero-order chi connectivity index (χ0) is 15.2. The molecule has 21 heavy (non-hydrogen) atoms. The van der Waals surface area contributed by atoms with Crippen molar-refractivity contribution in [3.8, 4) is 11.5 Å². The summed E-state index contributed by atoms with van der Waals surface area (Å²) in [4.78, 5) is 15.6. The van der Waals surface area contributed by atoms with Crippen LogP contribution >= 0.6 is 22.6 Å². The van der Waals surface area contributed by atoms with Gasteiger partial charge in [-0.15, -0.1) is 0 Å². The largest absolute Gasteiger partial charge is 0.504 e. The van der Waals surface area contributed by atoms with Gasteiger partial charge in [0.25, 0.3) is 5.91 Å². The molecule has 0 aliphatic carbocycles. The third-order valence-corrected chi connectivity index (χ3v) is 3.37. The van der Waals surface area contributed by atoms with Gasteiger partial charge < -0.3 is 9.84 Å². The number of pyridine rings is 1. The number of nitrogens with one attached hydrogen (secondary N) is 1. The molecule has 0 aliphatic heterocycles. The van der Waals surface area contributed by atoms with Gasteiger partial charge in [-0.3, -0.25) is 9.78 Å². The zero-order valence-electron chi connectivity index (χ0n) is 11.1. The van der Waals surface area contributed by atoms with Crippen LogP contribution in [0.15, 0.2) is 41.6 Å². The summed E-state index contributed by atoms with van der Waals surface area (Å²) < 4.78 is 5.68. The number of benzene rings is 1. The van der Waals surface area contributed by atoms with E-state index in [0.29, 0.717) is 14.9 Å². The number of hydrogen-bond acceptors (Lipinski definition) is 5. The topological polar surface area (TPSA) is 83.8 Å². The molecule has 1 amide bonds. The molecular weight excluding hydrogens is 385 g/mol. The van der Waals surface area contributed by atoms with Crippen LogP contribution in [0.3, 0.4) is 0 Å². The third-order valence-electron chi connectivity index (χ3n) is 2.55. The van der Waals surface area contributed by atoms with E-state index >= 15 is 0 Å². The lowest BCUT2D eigenvalue weighted by molar-refractivity contribution is 0.0950. The van der Waals surface area contributed by atoms with Gasteiger partial charge in [0.2, 0.25) is 0 Å². The summed E-state index contributed by atoms with van der Waals surface area (Å²) in [7, 11) is 1.47. The Balaban J connectivity index is 2.08. The summed E-state index contributed by atoms with van der Waals surface area (Å²) in [6.07, 6.45) is 3.00. The quantitative estimate of drug-likeness (QED) is 0.471. The Morgan fingerprint density at radius 2 is 2.29 bits per heavy atom. The number of carbonyl (C=O) groups excluding carboxylic acids is 1. The minimum atomic E-state index is -0.396. The second-order valence-electron chi connectivity index (χ2n) is 3.97. The first-order valence-electron chi connectivity index (χ1n) is 5.92. The number of hydrogen-bond donors (Lipinski definition) is 2. The molecule has 0 bridgehead atoms. The van der Waals surface area contributed by atoms with Crippen LogP contribution in [0.1, 0.15) is 16.1 Å². The van der Waals surface area contributed by atoms with Crippen molar-refractivity contribution in [2.75, 3.05) is 7.11 Å². The average molecular weight is 397 g/mol. The minimum Gasteiger partial charge on any atom is -0.504 e. The minimum absolute atomic E-state index is 0.0766. The second-order valence-corrected chi connectivity index (χ2v) is 5.13. The molecule has 0 fully saturated rings. The highest BCUT2D eigenvalue weighted by Crippen LogP contribution is 2.31. The van der Waals surface area contributed by atoms with Gasteiger partial charge in [0.15, 0.2) is 11.5 Å². The smallest absolute Gasteiger partial charge is 0.289 e. The van der Waals surface area contributed by atoms with Crippen LogP contribution in [-0.2, 0) is 0 Å². The number of carbonyl (C=O) groups is 1. The van der Waals surface area contributed by atoms with Crippen molar-refractivity contribution >= 4 is 34.7 Å². The molecule has 108 valence electrons. The number of nitrogens with zero attached hydrogens (tertiary/aromatic N) is 2. The molecule has 1 aromatic carbocycles. The summed E-state index contributed by atoms with van der Waals surface area (Å²) in [5.74, 6) is 0.0273. The maximum Gasteiger partial charge on any atom is 0.289 e. The number of phenolic OH excluding ortho intramolecular Hbond substituents is 1. The molecular formula is C14H12IN3O3. The van der Waals surface area contributed by atoms with Crippen molar-refractivity contribution in [2.24, 2.45) is 5.10 Å². The van der Waals surface area contributed by atoms with Gasteiger partial charge in [0.1, 0.15) is 5.69 Å². The molecule has 2 N–H and O–H groups in total. The summed E-state index contributed by atoms with van der Waals surface area (Å²) in [5.41, 5.74) is 3.36. The van der Waals surface area contributed by atoms with Gasteiger partial charge in [-0.05, 0) is 52.4 Å². The first-order chi connectivity index (χ1) is 10.1. The number of phenols is 1. The van der Waals surface area contributed by atoms with Crippen LogP contribution < -0.4 is 10.2 Å². The lowest BCUT2D eigenvalue weighted by atomic mass is 10.2. The fraction of sp³-hybridized carbons (Fsp3) is 0.0714. The fourth-order valence-corrected chi connectivity index (χ4v) is 2.17. The number of halogens is 1. The number of ether oxygens (including phenoxy) is 1. The maximum atomic E-state index is 11.7. The van der Waals surface area contributed by atoms with Crippen molar-refractivity contribution in [3.63, 3.8) is 0 Å². The predicted molar refractivity (Wildman–Crippen MR) is 86.7 cm³/mol. The lowest BCUT2D eigenvalue weighted by Gasteiger charge is -2.06. The Morgan fingerprint density at radius 3 is 2.95 bits per heavy atom. The van der Waals surface area contributed by atoms with Crippen LogP contribution in [0.2, 0.25) is 0 Å². The van der Waals surface area contributed by atoms with E-state index in [0.717, 1.165) is 0 Å². The molecule has 0 radical (unpaired) electrons. The van der Waals surface area contributed by atoms with Crippen LogP contribution in [0, 0.1) is 3.57 Å². The van der Waals surface area contributed by atoms with Crippen LogP contribution in [-0.4, -0.2) is 29.3 Å². The molecule has 1 heterocycles. The molecule has 0 unspecified atom stereocenters. The highest BCUT2D eigenvalue weighted by Gasteiger charge is 2.08. The predicted octanol–water partition coefficient (Wildman–Crippen LogP) is 2.16. The van der Waals surface area contributed by atoms with Crippen LogP contribution in [0.4, 0.5) is 0 Å². The van der Waals surface area contributed by atoms with E-state index in [1.807, 2.05) is 22.6 Å². The van der Waals surface area contributed by atoms with Crippen LogP contribution in [0.25, 0.3) is 0 Å². The zero-order valence-corrected chi connectivity index (χ0v) is 13.2. The highest BCUT2D eigenvalue weighted by molar-refractivity contribution is 14.1. The first kappa shape index (κ1) is 15.2. The summed E-state index contributed by atoms with van der Waals surface area (Å²) in [5, 5.41) is 13.6. The Bertz CT molecular complexity index is 675. The molecule has 7 heteroatoms. The fourth-order valence-electron chi connectivity index (χ4n) is 1.54. The Labute approximate surface area is 135 Å². The molecule has 0 aliphatic rings. The molecule has 0 saturated heterocycles. The molecule has 2 aromatic rings. The maximum absolute atomic E-state index is 11.7. The van der Waals surface area contributed by atoms with Gasteiger partial charge in [-0.25, -0.2) is 5.43 Å². The molecule has 2 rings (SSSR count). The van der Waals surface area contributed by atoms with E-state index in [4.69, 9.17) is 4.74 Å². The Kier molecular flexibility index (Phi) is 5.09. The average Bonchev–Trinajstić information content (AvgIpc) is 2.51. The van der Waals surface area contributed by atoms with E-state index in [2.05, 4.69) is 15.5 Å². The van der Waals surface area contributed by atoms with E-state index in [1.54, 1.807) is 30.3 Å². The first-order valence-corrected chi connectivity index (χ1v) is 7.00. The summed E-state index contributed by atoms with van der Waals surface area (Å²) in [6.45, 7) is 0. The van der Waals surface area contributed by atoms with Crippen molar-refractivity contribution < 1.29 is 14.6 Å². The number of aromatic nitrogens is 1. The Morgan fingerprint density at radius 1 is 1.48 bits per heavy atom. The number of hydrazone groups is 1. The molecule has 0 atom stereocenters. The lowest BCUT2D eigenvalue weighted by Crippen LogP contribution is -2.18. The van der Waals surface area contributed by atoms with E-state index in [9.17, 15) is 9.90 Å². The SMILES string of the molecule is COc1cc(/C=N/NC(=O)c2ccccn2)cc(I)c1O. The Hall–Kier alpha value is -2.16. The van der Waals surface area contributed by atoms with Crippen LogP contribution in [0.5, 0.6) is 11.5 Å². The summed E-state index contributed by atoms with van der Waals surface area (Å²) in [6, 6.07) is 8.38. The van der Waals surface area contributed by atoms with E-state index in [-0.39, 0.29) is 11.4 Å². The highest BCUT2D eigenvalue weighted by atomic mass is 127. The molecule has 1 aromatic heterocycles. The standard InChI is InChI=1S/C14H12IN3O3/c1-21-12-7-9(6-10(15)13(12)19)8-17-18-14(20)11-4-2-3-5-16-11/h2-8,19H,1H3,(H,18,20)/b17-8+. The van der Waals surface area contributed by atoms with Gasteiger partial charge in [-0.2, -0.15) is 5.10 Å². The monoisotopic (exact) mass is 397 g/mol. The normalized spacial score (nSPS) is 10.6. The van der Waals surface area contributed by atoms with Crippen molar-refractivity contribution in [1.29, 1.82) is 0 Å². The van der Waals surface area contributed by atoms with E-state index < -0.39 is 5.91 Å². The third kappa shape index (κ3) is 3.91. The summed E-state index contributed by atoms with van der Waals surface area (Å²) >= 11 is 1.98. The molecule has 6 nitrogen and oxygen atoms in total. The van der Waals surface area contributed by atoms with E-state index in [1.165, 1.54) is 19.5 Å². The van der Waals surface area contributed by atoms with Crippen molar-refractivity contribution in [3.05, 3.63) is 51.4 Å². The number of rotatable bonds is 4. The second kappa shape index (κ2) is 7.02. The number of methoxy groups -OCH3 is 1. The number of amides is 1. The number of aromatic hydroxyl groups is 1. The van der Waals surface area contributed by atoms with Gasteiger partial charge in [0.05, 0.1) is 16.9 Å². The van der Waals surface area contributed by atoms with Gasteiger partial charge in [0, 0.05) is 6.20 Å². The molecule has 0 saturated carbocycles. The van der Waals surface area contributed by atoms with Gasteiger partial charge in [-0.1, -0.05) is 6.07 Å². The van der Waals surface area contributed by atoms with Gasteiger partial charge >= 0.3 is 0 Å². The van der Waals surface area contributed by atoms with Crippen molar-refractivity contribution in [1.82, 2.24) is 10.4 Å². The molecule has 0 spiro atoms. The van der Waals surface area contributed by atoms with Crippen molar-refractivity contribution in [2.45, 2.75) is 0 Å².